The van der Waals surface area contributed by atoms with Gasteiger partial charge in [-0.25, -0.2) is 4.79 Å². The SMILES string of the molecule is CN1CCN(c2ccccc2C(O)c2cc3c(cn2)CN(C(=O)OC(C)(C)C)C3)CC1. The number of ether oxygens (including phenoxy) is 1. The Hall–Kier alpha value is -2.64. The van der Waals surface area contributed by atoms with E-state index in [1.807, 2.05) is 45.0 Å². The molecule has 0 bridgehead atoms. The molecule has 2 aliphatic heterocycles. The number of pyridine rings is 1. The molecule has 2 aromatic rings. The lowest BCUT2D eigenvalue weighted by molar-refractivity contribution is 0.0242. The van der Waals surface area contributed by atoms with Gasteiger partial charge in [0.05, 0.1) is 12.2 Å². The number of aromatic nitrogens is 1. The summed E-state index contributed by atoms with van der Waals surface area (Å²) >= 11 is 0. The Balaban J connectivity index is 1.53. The number of hydrogen-bond acceptors (Lipinski definition) is 6. The Kier molecular flexibility index (Phi) is 5.90. The number of amides is 1. The molecule has 1 amide bonds. The number of hydrogen-bond donors (Lipinski definition) is 1. The molecular weight excluding hydrogens is 392 g/mol. The fraction of sp³-hybridized carbons (Fsp3) is 0.500. The predicted octanol–water partition coefficient (Wildman–Crippen LogP) is 3.17. The van der Waals surface area contributed by atoms with E-state index >= 15 is 0 Å². The highest BCUT2D eigenvalue weighted by atomic mass is 16.6. The van der Waals surface area contributed by atoms with Crippen LogP contribution >= 0.6 is 0 Å². The predicted molar refractivity (Wildman–Crippen MR) is 120 cm³/mol. The zero-order valence-electron chi connectivity index (χ0n) is 18.8. The zero-order valence-corrected chi connectivity index (χ0v) is 18.8. The minimum absolute atomic E-state index is 0.328. The van der Waals surface area contributed by atoms with E-state index in [0.717, 1.165) is 48.6 Å². The van der Waals surface area contributed by atoms with E-state index in [2.05, 4.69) is 27.9 Å². The van der Waals surface area contributed by atoms with Crippen LogP contribution in [0, 0.1) is 0 Å². The molecule has 7 heteroatoms. The van der Waals surface area contributed by atoms with Crippen molar-refractivity contribution in [1.29, 1.82) is 0 Å². The smallest absolute Gasteiger partial charge is 0.410 e. The molecule has 1 aromatic carbocycles. The summed E-state index contributed by atoms with van der Waals surface area (Å²) in [7, 11) is 2.13. The van der Waals surface area contributed by atoms with Crippen molar-refractivity contribution in [3.05, 3.63) is 58.9 Å². The number of likely N-dealkylation sites (N-methyl/N-ethyl adjacent to an activating group) is 1. The minimum Gasteiger partial charge on any atom is -0.444 e. The van der Waals surface area contributed by atoms with Gasteiger partial charge >= 0.3 is 6.09 Å². The highest BCUT2D eigenvalue weighted by Crippen LogP contribution is 2.33. The molecule has 1 saturated heterocycles. The van der Waals surface area contributed by atoms with Crippen LogP contribution < -0.4 is 4.90 Å². The molecule has 1 unspecified atom stereocenters. The van der Waals surface area contributed by atoms with Crippen LogP contribution in [-0.2, 0) is 17.8 Å². The third-order valence-corrected chi connectivity index (χ3v) is 5.83. The highest BCUT2D eigenvalue weighted by molar-refractivity contribution is 5.69. The molecule has 0 aliphatic carbocycles. The Morgan fingerprint density at radius 3 is 2.48 bits per heavy atom. The number of carbonyl (C=O) groups excluding carboxylic acids is 1. The minimum atomic E-state index is -0.822. The van der Waals surface area contributed by atoms with Gasteiger partial charge in [-0.3, -0.25) is 9.88 Å². The number of aliphatic hydroxyl groups excluding tert-OH is 1. The first-order valence-corrected chi connectivity index (χ1v) is 10.9. The van der Waals surface area contributed by atoms with Gasteiger partial charge in [0, 0.05) is 50.2 Å². The van der Waals surface area contributed by atoms with Crippen molar-refractivity contribution >= 4 is 11.8 Å². The molecule has 0 saturated carbocycles. The second kappa shape index (κ2) is 8.48. The Morgan fingerprint density at radius 2 is 1.77 bits per heavy atom. The Morgan fingerprint density at radius 1 is 1.10 bits per heavy atom. The van der Waals surface area contributed by atoms with Crippen LogP contribution in [0.5, 0.6) is 0 Å². The van der Waals surface area contributed by atoms with E-state index in [-0.39, 0.29) is 6.09 Å². The van der Waals surface area contributed by atoms with Crippen molar-refractivity contribution in [2.75, 3.05) is 38.1 Å². The number of rotatable bonds is 3. The van der Waals surface area contributed by atoms with Crippen LogP contribution in [0.25, 0.3) is 0 Å². The summed E-state index contributed by atoms with van der Waals surface area (Å²) in [6.07, 6.45) is 0.624. The van der Waals surface area contributed by atoms with Crippen molar-refractivity contribution < 1.29 is 14.6 Å². The second-order valence-corrected chi connectivity index (χ2v) is 9.47. The Bertz CT molecular complexity index is 948. The lowest BCUT2D eigenvalue weighted by Gasteiger charge is -2.35. The second-order valence-electron chi connectivity index (χ2n) is 9.47. The monoisotopic (exact) mass is 424 g/mol. The molecule has 31 heavy (non-hydrogen) atoms. The quantitative estimate of drug-likeness (QED) is 0.816. The van der Waals surface area contributed by atoms with E-state index in [1.54, 1.807) is 11.1 Å². The van der Waals surface area contributed by atoms with Crippen molar-refractivity contribution in [2.24, 2.45) is 0 Å². The number of piperazine rings is 1. The number of nitrogens with zero attached hydrogens (tertiary/aromatic N) is 4. The fourth-order valence-corrected chi connectivity index (χ4v) is 4.12. The van der Waals surface area contributed by atoms with Crippen molar-refractivity contribution in [3.8, 4) is 0 Å². The number of para-hydroxylation sites is 1. The van der Waals surface area contributed by atoms with Crippen LogP contribution in [0.1, 0.15) is 49.3 Å². The van der Waals surface area contributed by atoms with Gasteiger partial charge in [-0.05, 0) is 51.1 Å². The number of anilines is 1. The maximum absolute atomic E-state index is 12.4. The van der Waals surface area contributed by atoms with Gasteiger partial charge in [0.1, 0.15) is 11.7 Å². The summed E-state index contributed by atoms with van der Waals surface area (Å²) in [6.45, 7) is 10.4. The summed E-state index contributed by atoms with van der Waals surface area (Å²) in [4.78, 5) is 23.3. The van der Waals surface area contributed by atoms with Crippen LogP contribution in [0.15, 0.2) is 36.5 Å². The summed E-state index contributed by atoms with van der Waals surface area (Å²) in [5.74, 6) is 0. The number of benzene rings is 1. The van der Waals surface area contributed by atoms with Gasteiger partial charge in [-0.15, -0.1) is 0 Å². The average molecular weight is 425 g/mol. The molecule has 4 rings (SSSR count). The van der Waals surface area contributed by atoms with Gasteiger partial charge < -0.3 is 19.6 Å². The molecule has 3 heterocycles. The molecule has 1 atom stereocenters. The van der Waals surface area contributed by atoms with Crippen molar-refractivity contribution in [3.63, 3.8) is 0 Å². The van der Waals surface area contributed by atoms with Crippen molar-refractivity contribution in [2.45, 2.75) is 45.6 Å². The third-order valence-electron chi connectivity index (χ3n) is 5.83. The number of fused-ring (bicyclic) bond motifs is 1. The van der Waals surface area contributed by atoms with Gasteiger partial charge in [0.15, 0.2) is 0 Å². The average Bonchev–Trinajstić information content (AvgIpc) is 3.16. The van der Waals surface area contributed by atoms with Crippen LogP contribution in [0.2, 0.25) is 0 Å². The topological polar surface area (TPSA) is 69.1 Å². The molecule has 0 radical (unpaired) electrons. The molecule has 1 fully saturated rings. The fourth-order valence-electron chi connectivity index (χ4n) is 4.12. The van der Waals surface area contributed by atoms with Gasteiger partial charge in [0.2, 0.25) is 0 Å². The lowest BCUT2D eigenvalue weighted by Crippen LogP contribution is -2.44. The maximum atomic E-state index is 12.4. The largest absolute Gasteiger partial charge is 0.444 e. The summed E-state index contributed by atoms with van der Waals surface area (Å²) in [5, 5.41) is 11.2. The highest BCUT2D eigenvalue weighted by Gasteiger charge is 2.29. The first kappa shape index (κ1) is 21.6. The lowest BCUT2D eigenvalue weighted by atomic mass is 10.0. The maximum Gasteiger partial charge on any atom is 0.410 e. The van der Waals surface area contributed by atoms with E-state index < -0.39 is 11.7 Å². The molecule has 7 nitrogen and oxygen atoms in total. The van der Waals surface area contributed by atoms with E-state index in [9.17, 15) is 9.90 Å². The van der Waals surface area contributed by atoms with E-state index in [1.165, 1.54) is 0 Å². The molecule has 166 valence electrons. The first-order valence-electron chi connectivity index (χ1n) is 10.9. The summed E-state index contributed by atoms with van der Waals surface area (Å²) in [5.41, 5.74) is 3.99. The summed E-state index contributed by atoms with van der Waals surface area (Å²) in [6, 6.07) is 9.93. The van der Waals surface area contributed by atoms with Gasteiger partial charge in [0.25, 0.3) is 0 Å². The first-order chi connectivity index (χ1) is 14.7. The molecule has 1 aromatic heterocycles. The molecular formula is C24H32N4O3. The number of carbonyl (C=O) groups is 1. The third kappa shape index (κ3) is 4.83. The van der Waals surface area contributed by atoms with E-state index in [4.69, 9.17) is 4.74 Å². The van der Waals surface area contributed by atoms with Crippen LogP contribution in [0.4, 0.5) is 10.5 Å². The van der Waals surface area contributed by atoms with Crippen molar-refractivity contribution in [1.82, 2.24) is 14.8 Å². The number of aliphatic hydroxyl groups is 1. The summed E-state index contributed by atoms with van der Waals surface area (Å²) < 4.78 is 5.50. The molecule has 1 N–H and O–H groups in total. The standard InChI is InChI=1S/C24H32N4O3/c1-24(2,3)31-23(30)28-15-17-13-20(25-14-18(17)16-28)22(29)19-7-5-6-8-21(19)27-11-9-26(4)10-12-27/h5-8,13-14,22,29H,9-12,15-16H2,1-4H3. The van der Waals surface area contributed by atoms with E-state index in [0.29, 0.717) is 18.8 Å². The Labute approximate surface area is 184 Å². The van der Waals surface area contributed by atoms with Crippen LogP contribution in [0.3, 0.4) is 0 Å². The molecule has 2 aliphatic rings. The van der Waals surface area contributed by atoms with Gasteiger partial charge in [-0.1, -0.05) is 18.2 Å². The van der Waals surface area contributed by atoms with Crippen LogP contribution in [-0.4, -0.2) is 64.8 Å². The normalized spacial score (nSPS) is 18.1. The zero-order chi connectivity index (χ0) is 22.2. The van der Waals surface area contributed by atoms with Gasteiger partial charge in [-0.2, -0.15) is 0 Å². The molecule has 0 spiro atoms.